The fourth-order valence-electron chi connectivity index (χ4n) is 6.13. The Kier molecular flexibility index (Phi) is 11.7. The summed E-state index contributed by atoms with van der Waals surface area (Å²) < 4.78 is 5.39. The molecule has 4 atom stereocenters. The lowest BCUT2D eigenvalue weighted by molar-refractivity contribution is -0.146. The maximum Gasteiger partial charge on any atom is 0.338 e. The van der Waals surface area contributed by atoms with Crippen LogP contribution < -0.4 is 16.0 Å². The molecule has 10 nitrogen and oxygen atoms in total. The summed E-state index contributed by atoms with van der Waals surface area (Å²) in [6.07, 6.45) is 3.63. The van der Waals surface area contributed by atoms with Crippen LogP contribution in [-0.4, -0.2) is 71.8 Å². The third-order valence-corrected chi connectivity index (χ3v) is 8.66. The second kappa shape index (κ2) is 16.5. The zero-order valence-corrected chi connectivity index (χ0v) is 26.4. The highest BCUT2D eigenvalue weighted by molar-refractivity contribution is 5.98. The molecule has 3 aromatic carbocycles. The van der Waals surface area contributed by atoms with Crippen LogP contribution in [0.5, 0.6) is 0 Å². The summed E-state index contributed by atoms with van der Waals surface area (Å²) in [5.74, 6) is -2.08. The van der Waals surface area contributed by atoms with Crippen molar-refractivity contribution in [1.29, 1.82) is 0 Å². The van der Waals surface area contributed by atoms with Crippen LogP contribution in [0.2, 0.25) is 0 Å². The molecule has 2 heterocycles. The lowest BCUT2D eigenvalue weighted by atomic mass is 9.96. The van der Waals surface area contributed by atoms with Gasteiger partial charge in [0, 0.05) is 19.4 Å². The van der Waals surface area contributed by atoms with Gasteiger partial charge in [0.25, 0.3) is 0 Å². The summed E-state index contributed by atoms with van der Waals surface area (Å²) in [4.78, 5) is 69.5. The SMILES string of the molecule is O=C(OCCCC[C@@H]1NC(=O)[C@H]2CCCCN2C(=O)[C@H](Cc2ccccc2)NC(=O)[C@@H](Cc2ccccc2)NC1=O)c1ccccc1. The van der Waals surface area contributed by atoms with Crippen molar-refractivity contribution < 1.29 is 28.7 Å². The minimum absolute atomic E-state index is 0.156. The zero-order valence-electron chi connectivity index (χ0n) is 26.4. The summed E-state index contributed by atoms with van der Waals surface area (Å²) >= 11 is 0. The zero-order chi connectivity index (χ0) is 33.0. The Morgan fingerprint density at radius 1 is 0.660 bits per heavy atom. The molecule has 3 aromatic rings. The van der Waals surface area contributed by atoms with Crippen molar-refractivity contribution in [3.8, 4) is 0 Å². The molecule has 246 valence electrons. The monoisotopic (exact) mass is 638 g/mol. The average molecular weight is 639 g/mol. The van der Waals surface area contributed by atoms with Gasteiger partial charge < -0.3 is 25.6 Å². The number of unbranched alkanes of at least 4 members (excludes halogenated alkanes) is 1. The van der Waals surface area contributed by atoms with E-state index in [0.717, 1.165) is 24.0 Å². The van der Waals surface area contributed by atoms with Crippen LogP contribution in [0, 0.1) is 0 Å². The van der Waals surface area contributed by atoms with E-state index in [2.05, 4.69) is 16.0 Å². The van der Waals surface area contributed by atoms with E-state index in [1.165, 1.54) is 0 Å². The number of carbonyl (C=O) groups excluding carboxylic acids is 5. The maximum absolute atomic E-state index is 14.1. The third-order valence-electron chi connectivity index (χ3n) is 8.66. The standard InChI is InChI=1S/C37H42N4O6/c42-33-29(20-11-13-23-47-37(46)28-18-8-3-9-19-28)38-35(44)32-21-10-12-22-41(32)36(45)31(25-27-16-6-2-7-17-27)40-34(43)30(39-33)24-26-14-4-1-5-15-26/h1-9,14-19,29-32H,10-13,20-25H2,(H,38,44)(H,39,42)(H,40,43)/t29-,30+,31-,32+/m0/s1. The van der Waals surface area contributed by atoms with Crippen LogP contribution in [0.4, 0.5) is 0 Å². The molecular weight excluding hydrogens is 596 g/mol. The normalized spacial score (nSPS) is 22.1. The van der Waals surface area contributed by atoms with Crippen LogP contribution in [0.25, 0.3) is 0 Å². The van der Waals surface area contributed by atoms with Crippen molar-refractivity contribution in [3.05, 3.63) is 108 Å². The molecule has 0 radical (unpaired) electrons. The first-order valence-corrected chi connectivity index (χ1v) is 16.4. The van der Waals surface area contributed by atoms with Gasteiger partial charge in [0.2, 0.25) is 23.6 Å². The van der Waals surface area contributed by atoms with Crippen LogP contribution >= 0.6 is 0 Å². The van der Waals surface area contributed by atoms with E-state index in [9.17, 15) is 24.0 Å². The average Bonchev–Trinajstić information content (AvgIpc) is 3.10. The molecule has 0 saturated carbocycles. The van der Waals surface area contributed by atoms with E-state index in [1.807, 2.05) is 66.7 Å². The quantitative estimate of drug-likeness (QED) is 0.231. The molecule has 2 aliphatic rings. The van der Waals surface area contributed by atoms with E-state index in [4.69, 9.17) is 4.74 Å². The fourth-order valence-corrected chi connectivity index (χ4v) is 6.13. The number of benzene rings is 3. The van der Waals surface area contributed by atoms with Gasteiger partial charge in [-0.2, -0.15) is 0 Å². The van der Waals surface area contributed by atoms with Gasteiger partial charge in [0.05, 0.1) is 12.2 Å². The molecule has 2 aliphatic heterocycles. The van der Waals surface area contributed by atoms with Crippen molar-refractivity contribution in [1.82, 2.24) is 20.9 Å². The van der Waals surface area contributed by atoms with Crippen molar-refractivity contribution in [2.75, 3.05) is 13.2 Å². The van der Waals surface area contributed by atoms with Gasteiger partial charge in [-0.25, -0.2) is 4.79 Å². The second-order valence-electron chi connectivity index (χ2n) is 12.1. The smallest absolute Gasteiger partial charge is 0.338 e. The van der Waals surface area contributed by atoms with Crippen molar-refractivity contribution in [3.63, 3.8) is 0 Å². The minimum atomic E-state index is -0.987. The van der Waals surface area contributed by atoms with Crippen molar-refractivity contribution in [2.24, 2.45) is 0 Å². The molecule has 2 fully saturated rings. The first-order valence-electron chi connectivity index (χ1n) is 16.4. The Balaban J connectivity index is 1.35. The lowest BCUT2D eigenvalue weighted by Crippen LogP contribution is -2.63. The van der Waals surface area contributed by atoms with E-state index >= 15 is 0 Å². The molecule has 47 heavy (non-hydrogen) atoms. The molecule has 0 spiro atoms. The maximum atomic E-state index is 14.1. The highest BCUT2D eigenvalue weighted by atomic mass is 16.5. The fraction of sp³-hybridized carbons (Fsp3) is 0.378. The highest BCUT2D eigenvalue weighted by Gasteiger charge is 2.39. The predicted octanol–water partition coefficient (Wildman–Crippen LogP) is 3.35. The van der Waals surface area contributed by atoms with Gasteiger partial charge in [-0.3, -0.25) is 19.2 Å². The number of hydrogen-bond acceptors (Lipinski definition) is 6. The molecule has 0 unspecified atom stereocenters. The van der Waals surface area contributed by atoms with Crippen LogP contribution in [0.1, 0.15) is 60.0 Å². The number of esters is 1. The minimum Gasteiger partial charge on any atom is -0.462 e. The number of ether oxygens (including phenoxy) is 1. The van der Waals surface area contributed by atoms with Crippen molar-refractivity contribution >= 4 is 29.6 Å². The summed E-state index contributed by atoms with van der Waals surface area (Å²) in [7, 11) is 0. The Hall–Kier alpha value is -4.99. The number of carbonyl (C=O) groups is 5. The number of amides is 4. The Bertz CT molecular complexity index is 1520. The van der Waals surface area contributed by atoms with E-state index < -0.39 is 47.9 Å². The Morgan fingerprint density at radius 3 is 1.87 bits per heavy atom. The third kappa shape index (κ3) is 9.28. The first kappa shape index (κ1) is 33.4. The topological polar surface area (TPSA) is 134 Å². The molecule has 2 saturated heterocycles. The van der Waals surface area contributed by atoms with Crippen molar-refractivity contribution in [2.45, 2.75) is 75.5 Å². The van der Waals surface area contributed by atoms with E-state index in [-0.39, 0.29) is 31.8 Å². The number of piperidine rings is 1. The van der Waals surface area contributed by atoms with E-state index in [0.29, 0.717) is 31.4 Å². The second-order valence-corrected chi connectivity index (χ2v) is 12.1. The summed E-state index contributed by atoms with van der Waals surface area (Å²) in [5, 5.41) is 8.73. The van der Waals surface area contributed by atoms with Gasteiger partial charge in [-0.15, -0.1) is 0 Å². The van der Waals surface area contributed by atoms with Gasteiger partial charge in [-0.1, -0.05) is 78.9 Å². The van der Waals surface area contributed by atoms with Gasteiger partial charge >= 0.3 is 5.97 Å². The molecule has 4 amide bonds. The van der Waals surface area contributed by atoms with Gasteiger partial charge in [0.1, 0.15) is 24.2 Å². The number of rotatable bonds is 10. The van der Waals surface area contributed by atoms with Crippen LogP contribution in [0.15, 0.2) is 91.0 Å². The molecule has 10 heteroatoms. The number of hydrogen-bond donors (Lipinski definition) is 3. The van der Waals surface area contributed by atoms with Gasteiger partial charge in [-0.05, 0) is 61.8 Å². The molecule has 5 rings (SSSR count). The number of nitrogens with one attached hydrogen (secondary N) is 3. The summed E-state index contributed by atoms with van der Waals surface area (Å²) in [6, 6.07) is 23.8. The number of fused-ring (bicyclic) bond motifs is 1. The lowest BCUT2D eigenvalue weighted by Gasteiger charge is -2.38. The first-order chi connectivity index (χ1) is 22.9. The highest BCUT2D eigenvalue weighted by Crippen LogP contribution is 2.21. The van der Waals surface area contributed by atoms with Crippen LogP contribution in [-0.2, 0) is 36.8 Å². The molecule has 0 bridgehead atoms. The molecule has 3 N–H and O–H groups in total. The Morgan fingerprint density at radius 2 is 1.21 bits per heavy atom. The van der Waals surface area contributed by atoms with Gasteiger partial charge in [0.15, 0.2) is 0 Å². The van der Waals surface area contributed by atoms with Crippen LogP contribution in [0.3, 0.4) is 0 Å². The predicted molar refractivity (Wildman–Crippen MR) is 176 cm³/mol. The number of nitrogens with zero attached hydrogens (tertiary/aromatic N) is 1. The molecule has 0 aromatic heterocycles. The largest absolute Gasteiger partial charge is 0.462 e. The molecule has 0 aliphatic carbocycles. The summed E-state index contributed by atoms with van der Waals surface area (Å²) in [6.45, 7) is 0.540. The molecular formula is C37H42N4O6. The Labute approximate surface area is 275 Å². The van der Waals surface area contributed by atoms with E-state index in [1.54, 1.807) is 29.2 Å². The summed E-state index contributed by atoms with van der Waals surface area (Å²) in [5.41, 5.74) is 2.16.